The van der Waals surface area contributed by atoms with E-state index in [-0.39, 0.29) is 0 Å². The quantitative estimate of drug-likeness (QED) is 0.923. The molecule has 0 aliphatic rings. The first-order valence-electron chi connectivity index (χ1n) is 5.72. The molecule has 2 aromatic rings. The molecule has 0 saturated carbocycles. The number of anilines is 1. The van der Waals surface area contributed by atoms with E-state index in [9.17, 15) is 0 Å². The lowest BCUT2D eigenvalue weighted by Crippen LogP contribution is -2.03. The van der Waals surface area contributed by atoms with E-state index in [0.717, 1.165) is 27.2 Å². The fourth-order valence-electron chi connectivity index (χ4n) is 2.10. The topological polar surface area (TPSA) is 64.0 Å². The second-order valence-corrected chi connectivity index (χ2v) is 5.18. The molecule has 5 heteroatoms. The number of aromatic nitrogens is 1. The Morgan fingerprint density at radius 3 is 2.53 bits per heavy atom. The minimum Gasteiger partial charge on any atom is -0.497 e. The van der Waals surface area contributed by atoms with Gasteiger partial charge < -0.3 is 10.5 Å². The van der Waals surface area contributed by atoms with E-state index in [0.29, 0.717) is 11.4 Å². The standard InChI is InChI=1S/C14H14BrN3O/c1-8-9(2)18(14(17)13(8)7-16)11-4-10(15)5-12(6-11)19-3/h4-6H,17H2,1-3H3. The van der Waals surface area contributed by atoms with E-state index in [4.69, 9.17) is 15.7 Å². The Bertz CT molecular complexity index is 683. The highest BCUT2D eigenvalue weighted by atomic mass is 79.9. The Balaban J connectivity index is 2.73. The molecule has 0 atom stereocenters. The highest BCUT2D eigenvalue weighted by Gasteiger charge is 2.16. The minimum atomic E-state index is 0.456. The van der Waals surface area contributed by atoms with Gasteiger partial charge in [-0.15, -0.1) is 0 Å². The molecule has 0 amide bonds. The first-order valence-corrected chi connectivity index (χ1v) is 6.51. The summed E-state index contributed by atoms with van der Waals surface area (Å²) in [6.45, 7) is 3.84. The van der Waals surface area contributed by atoms with Crippen molar-refractivity contribution in [1.29, 1.82) is 5.26 Å². The van der Waals surface area contributed by atoms with Gasteiger partial charge in [0, 0.05) is 16.2 Å². The van der Waals surface area contributed by atoms with Crippen LogP contribution in [0.15, 0.2) is 22.7 Å². The lowest BCUT2D eigenvalue weighted by atomic mass is 10.2. The van der Waals surface area contributed by atoms with Crippen LogP contribution in [0.1, 0.15) is 16.8 Å². The average Bonchev–Trinajstić information content (AvgIpc) is 2.59. The van der Waals surface area contributed by atoms with Crippen molar-refractivity contribution in [3.05, 3.63) is 39.5 Å². The maximum Gasteiger partial charge on any atom is 0.126 e. The number of hydrogen-bond donors (Lipinski definition) is 1. The maximum atomic E-state index is 9.16. The van der Waals surface area contributed by atoms with Crippen molar-refractivity contribution in [1.82, 2.24) is 4.57 Å². The molecule has 1 aromatic heterocycles. The molecule has 1 heterocycles. The van der Waals surface area contributed by atoms with Crippen molar-refractivity contribution in [2.45, 2.75) is 13.8 Å². The second-order valence-electron chi connectivity index (χ2n) is 4.27. The van der Waals surface area contributed by atoms with Gasteiger partial charge in [0.15, 0.2) is 0 Å². The lowest BCUT2D eigenvalue weighted by Gasteiger charge is -2.11. The molecule has 0 aliphatic heterocycles. The number of methoxy groups -OCH3 is 1. The second kappa shape index (κ2) is 4.98. The summed E-state index contributed by atoms with van der Waals surface area (Å²) in [5, 5.41) is 9.16. The van der Waals surface area contributed by atoms with Gasteiger partial charge in [-0.2, -0.15) is 5.26 Å². The summed E-state index contributed by atoms with van der Waals surface area (Å²) in [6, 6.07) is 7.84. The molecule has 0 spiro atoms. The number of ether oxygens (including phenoxy) is 1. The van der Waals surface area contributed by atoms with Crippen LogP contribution in [0.25, 0.3) is 5.69 Å². The smallest absolute Gasteiger partial charge is 0.126 e. The van der Waals surface area contributed by atoms with E-state index < -0.39 is 0 Å². The van der Waals surface area contributed by atoms with Crippen molar-refractivity contribution in [3.63, 3.8) is 0 Å². The van der Waals surface area contributed by atoms with Gasteiger partial charge in [0.25, 0.3) is 0 Å². The maximum absolute atomic E-state index is 9.16. The van der Waals surface area contributed by atoms with Crippen LogP contribution in [0.2, 0.25) is 0 Å². The van der Waals surface area contributed by atoms with E-state index >= 15 is 0 Å². The van der Waals surface area contributed by atoms with Gasteiger partial charge >= 0.3 is 0 Å². The van der Waals surface area contributed by atoms with Gasteiger partial charge in [-0.05, 0) is 31.5 Å². The number of hydrogen-bond acceptors (Lipinski definition) is 3. The van der Waals surface area contributed by atoms with Crippen molar-refractivity contribution < 1.29 is 4.74 Å². The zero-order chi connectivity index (χ0) is 14.2. The fraction of sp³-hybridized carbons (Fsp3) is 0.214. The largest absolute Gasteiger partial charge is 0.497 e. The first kappa shape index (κ1) is 13.5. The van der Waals surface area contributed by atoms with Crippen molar-refractivity contribution in [3.8, 4) is 17.5 Å². The summed E-state index contributed by atoms with van der Waals surface area (Å²) in [7, 11) is 1.61. The lowest BCUT2D eigenvalue weighted by molar-refractivity contribution is 0.414. The van der Waals surface area contributed by atoms with Crippen LogP contribution in [0.5, 0.6) is 5.75 Å². The number of nitrogen functional groups attached to an aromatic ring is 1. The Labute approximate surface area is 120 Å². The van der Waals surface area contributed by atoms with Crippen LogP contribution in [0, 0.1) is 25.2 Å². The van der Waals surface area contributed by atoms with E-state index in [2.05, 4.69) is 22.0 Å². The zero-order valence-corrected chi connectivity index (χ0v) is 12.6. The van der Waals surface area contributed by atoms with Gasteiger partial charge in [0.1, 0.15) is 17.6 Å². The summed E-state index contributed by atoms with van der Waals surface area (Å²) in [5.74, 6) is 1.19. The monoisotopic (exact) mass is 319 g/mol. The normalized spacial score (nSPS) is 10.3. The molecule has 2 rings (SSSR count). The molecular weight excluding hydrogens is 306 g/mol. The first-order chi connectivity index (χ1) is 8.99. The molecule has 0 fully saturated rings. The highest BCUT2D eigenvalue weighted by Crippen LogP contribution is 2.31. The van der Waals surface area contributed by atoms with E-state index in [1.165, 1.54) is 0 Å². The number of nitrogens with two attached hydrogens (primary N) is 1. The van der Waals surface area contributed by atoms with Crippen molar-refractivity contribution >= 4 is 21.7 Å². The van der Waals surface area contributed by atoms with Gasteiger partial charge in [-0.1, -0.05) is 15.9 Å². The van der Waals surface area contributed by atoms with Crippen LogP contribution in [0.3, 0.4) is 0 Å². The molecule has 2 N–H and O–H groups in total. The molecule has 0 bridgehead atoms. The summed E-state index contributed by atoms with van der Waals surface area (Å²) in [6.07, 6.45) is 0. The number of nitriles is 1. The highest BCUT2D eigenvalue weighted by molar-refractivity contribution is 9.10. The Hall–Kier alpha value is -1.93. The number of halogens is 1. The summed E-state index contributed by atoms with van der Waals surface area (Å²) in [5.41, 5.74) is 9.32. The zero-order valence-electron chi connectivity index (χ0n) is 11.0. The Kier molecular flexibility index (Phi) is 3.54. The van der Waals surface area contributed by atoms with Crippen LogP contribution in [-0.4, -0.2) is 11.7 Å². The third-order valence-electron chi connectivity index (χ3n) is 3.21. The van der Waals surface area contributed by atoms with Gasteiger partial charge in [-0.3, -0.25) is 4.57 Å². The fourth-order valence-corrected chi connectivity index (χ4v) is 2.56. The van der Waals surface area contributed by atoms with Crippen LogP contribution >= 0.6 is 15.9 Å². The molecule has 4 nitrogen and oxygen atoms in total. The summed E-state index contributed by atoms with van der Waals surface area (Å²) < 4.78 is 8.01. The number of rotatable bonds is 2. The molecule has 0 unspecified atom stereocenters. The number of benzene rings is 1. The predicted octanol–water partition coefficient (Wildman–Crippen LogP) is 3.32. The molecule has 1 aromatic carbocycles. The summed E-state index contributed by atoms with van der Waals surface area (Å²) in [4.78, 5) is 0. The predicted molar refractivity (Wildman–Crippen MR) is 78.6 cm³/mol. The molecule has 19 heavy (non-hydrogen) atoms. The number of nitrogens with zero attached hydrogens (tertiary/aromatic N) is 2. The van der Waals surface area contributed by atoms with Crippen LogP contribution in [0.4, 0.5) is 5.82 Å². The molecule has 98 valence electrons. The van der Waals surface area contributed by atoms with Gasteiger partial charge in [-0.25, -0.2) is 0 Å². The SMILES string of the molecule is COc1cc(Br)cc(-n2c(C)c(C)c(C#N)c2N)c1. The molecule has 0 radical (unpaired) electrons. The van der Waals surface area contributed by atoms with E-state index in [1.54, 1.807) is 7.11 Å². The summed E-state index contributed by atoms with van der Waals surface area (Å²) >= 11 is 3.44. The molecular formula is C14H14BrN3O. The van der Waals surface area contributed by atoms with Crippen molar-refractivity contribution in [2.24, 2.45) is 0 Å². The molecule has 0 aliphatic carbocycles. The van der Waals surface area contributed by atoms with Gasteiger partial charge in [0.2, 0.25) is 0 Å². The van der Waals surface area contributed by atoms with Crippen molar-refractivity contribution in [2.75, 3.05) is 12.8 Å². The Morgan fingerprint density at radius 1 is 1.32 bits per heavy atom. The van der Waals surface area contributed by atoms with Crippen LogP contribution < -0.4 is 10.5 Å². The van der Waals surface area contributed by atoms with E-state index in [1.807, 2.05) is 36.6 Å². The van der Waals surface area contributed by atoms with Crippen LogP contribution in [-0.2, 0) is 0 Å². The Morgan fingerprint density at radius 2 is 2.00 bits per heavy atom. The third kappa shape index (κ3) is 2.20. The molecule has 0 saturated heterocycles. The minimum absolute atomic E-state index is 0.456. The third-order valence-corrected chi connectivity index (χ3v) is 3.67. The van der Waals surface area contributed by atoms with Gasteiger partial charge in [0.05, 0.1) is 18.4 Å². The average molecular weight is 320 g/mol.